The van der Waals surface area contributed by atoms with Crippen molar-refractivity contribution in [2.45, 2.75) is 32.6 Å². The standard InChI is InChI=1S/C22H18ClN3O4/c1-22(2)6-14(27)19-17(7-22)30-21(25)12(8-24)18(19)11-3-10-4-15-16(29-9-28-15)5-13(10)26-20(11)23/h3-5,18H,6-7,9,25H2,1-2H3/t18-/m0/s1. The van der Waals surface area contributed by atoms with E-state index in [2.05, 4.69) is 11.1 Å². The Balaban J connectivity index is 1.73. The predicted octanol–water partition coefficient (Wildman–Crippen LogP) is 4.07. The van der Waals surface area contributed by atoms with Gasteiger partial charge in [0.2, 0.25) is 12.7 Å². The molecule has 3 aliphatic rings. The van der Waals surface area contributed by atoms with E-state index in [1.54, 1.807) is 6.07 Å². The number of nitrogens with two attached hydrogens (primary N) is 1. The second kappa shape index (κ2) is 6.38. The fourth-order valence-electron chi connectivity index (χ4n) is 4.35. The first-order chi connectivity index (χ1) is 14.3. The summed E-state index contributed by atoms with van der Waals surface area (Å²) >= 11 is 6.56. The number of carbonyl (C=O) groups excluding carboxylic acids is 1. The van der Waals surface area contributed by atoms with Crippen molar-refractivity contribution in [1.82, 2.24) is 4.98 Å². The maximum atomic E-state index is 13.1. The normalized spacial score (nSPS) is 22.1. The molecule has 0 unspecified atom stereocenters. The molecule has 2 aliphatic heterocycles. The Bertz CT molecular complexity index is 1240. The molecule has 0 fully saturated rings. The number of allylic oxidation sites excluding steroid dienone is 3. The number of hydrogen-bond acceptors (Lipinski definition) is 7. The van der Waals surface area contributed by atoms with Crippen LogP contribution in [0.25, 0.3) is 10.9 Å². The quantitative estimate of drug-likeness (QED) is 0.689. The Morgan fingerprint density at radius 1 is 1.23 bits per heavy atom. The van der Waals surface area contributed by atoms with Gasteiger partial charge in [-0.2, -0.15) is 5.26 Å². The highest BCUT2D eigenvalue weighted by Crippen LogP contribution is 2.49. The van der Waals surface area contributed by atoms with E-state index in [1.165, 1.54) is 0 Å². The summed E-state index contributed by atoms with van der Waals surface area (Å²) in [7, 11) is 0. The first kappa shape index (κ1) is 18.8. The van der Waals surface area contributed by atoms with Crippen molar-refractivity contribution in [3.05, 3.63) is 51.7 Å². The molecule has 1 aromatic carbocycles. The maximum absolute atomic E-state index is 13.1. The second-order valence-corrected chi connectivity index (χ2v) is 8.83. The lowest BCUT2D eigenvalue weighted by Gasteiger charge is -2.37. The van der Waals surface area contributed by atoms with Crippen LogP contribution in [-0.2, 0) is 9.53 Å². The number of nitrogens with zero attached hydrogens (tertiary/aromatic N) is 2. The number of nitriles is 1. The molecule has 8 heteroatoms. The van der Waals surface area contributed by atoms with Gasteiger partial charge in [-0.15, -0.1) is 0 Å². The minimum Gasteiger partial charge on any atom is -0.454 e. The minimum atomic E-state index is -0.725. The molecule has 152 valence electrons. The molecular formula is C22H18ClN3O4. The molecule has 1 atom stereocenters. The van der Waals surface area contributed by atoms with Gasteiger partial charge in [0.05, 0.1) is 11.4 Å². The SMILES string of the molecule is CC1(C)CC(=O)C2=C(C1)OC(N)=C(C#N)[C@@H]2c1cc2cc3c(cc2nc1Cl)OCO3. The summed E-state index contributed by atoms with van der Waals surface area (Å²) in [5.74, 6) is 0.899. The summed E-state index contributed by atoms with van der Waals surface area (Å²) in [6.45, 7) is 4.14. The van der Waals surface area contributed by atoms with Crippen LogP contribution in [0.3, 0.4) is 0 Å². The number of fused-ring (bicyclic) bond motifs is 2. The molecular weight excluding hydrogens is 406 g/mol. The summed E-state index contributed by atoms with van der Waals surface area (Å²) in [6, 6.07) is 7.50. The van der Waals surface area contributed by atoms with Gasteiger partial charge in [0.1, 0.15) is 22.6 Å². The summed E-state index contributed by atoms with van der Waals surface area (Å²) in [5.41, 5.74) is 7.58. The number of halogens is 1. The van der Waals surface area contributed by atoms with Crippen molar-refractivity contribution in [3.63, 3.8) is 0 Å². The molecule has 5 rings (SSSR count). The monoisotopic (exact) mass is 423 g/mol. The number of ether oxygens (including phenoxy) is 3. The number of rotatable bonds is 1. The Labute approximate surface area is 177 Å². The number of ketones is 1. The highest BCUT2D eigenvalue weighted by atomic mass is 35.5. The number of pyridine rings is 1. The molecule has 0 radical (unpaired) electrons. The van der Waals surface area contributed by atoms with E-state index >= 15 is 0 Å². The van der Waals surface area contributed by atoms with E-state index in [-0.39, 0.29) is 34.6 Å². The number of Topliss-reactive ketones (excluding diaryl/α,β-unsaturated/α-hetero) is 1. The first-order valence-corrected chi connectivity index (χ1v) is 9.89. The van der Waals surface area contributed by atoms with Gasteiger partial charge in [0.25, 0.3) is 0 Å². The van der Waals surface area contributed by atoms with Crippen molar-refractivity contribution in [3.8, 4) is 17.6 Å². The molecule has 0 bridgehead atoms. The van der Waals surface area contributed by atoms with E-state index in [4.69, 9.17) is 31.5 Å². The fourth-order valence-corrected chi connectivity index (χ4v) is 4.61. The number of aromatic nitrogens is 1. The molecule has 2 N–H and O–H groups in total. The van der Waals surface area contributed by atoms with Crippen molar-refractivity contribution in [2.24, 2.45) is 11.1 Å². The summed E-state index contributed by atoms with van der Waals surface area (Å²) in [6.07, 6.45) is 0.892. The molecule has 1 aliphatic carbocycles. The van der Waals surface area contributed by atoms with Crippen molar-refractivity contribution < 1.29 is 19.0 Å². The molecule has 0 saturated heterocycles. The zero-order valence-electron chi connectivity index (χ0n) is 16.4. The number of benzene rings is 1. The zero-order valence-corrected chi connectivity index (χ0v) is 17.2. The molecule has 0 amide bonds. The Morgan fingerprint density at radius 2 is 1.97 bits per heavy atom. The molecule has 0 saturated carbocycles. The van der Waals surface area contributed by atoms with Gasteiger partial charge in [0, 0.05) is 35.4 Å². The highest BCUT2D eigenvalue weighted by molar-refractivity contribution is 6.31. The third kappa shape index (κ3) is 2.79. The van der Waals surface area contributed by atoms with E-state index in [0.717, 1.165) is 5.39 Å². The fraction of sp³-hybridized carbons (Fsp3) is 0.318. The Kier molecular flexibility index (Phi) is 3.99. The van der Waals surface area contributed by atoms with E-state index in [9.17, 15) is 10.1 Å². The molecule has 30 heavy (non-hydrogen) atoms. The highest BCUT2D eigenvalue weighted by Gasteiger charge is 2.43. The third-order valence-electron chi connectivity index (χ3n) is 5.68. The molecule has 0 spiro atoms. The summed E-state index contributed by atoms with van der Waals surface area (Å²) < 4.78 is 16.6. The Hall–Kier alpha value is -3.24. The average Bonchev–Trinajstić information content (AvgIpc) is 3.11. The van der Waals surface area contributed by atoms with Crippen LogP contribution in [0.2, 0.25) is 5.15 Å². The van der Waals surface area contributed by atoms with Crippen LogP contribution in [0.1, 0.15) is 38.2 Å². The van der Waals surface area contributed by atoms with Crippen LogP contribution in [0.15, 0.2) is 41.0 Å². The average molecular weight is 424 g/mol. The van der Waals surface area contributed by atoms with Gasteiger partial charge in [-0.1, -0.05) is 25.4 Å². The van der Waals surface area contributed by atoms with E-state index < -0.39 is 5.92 Å². The van der Waals surface area contributed by atoms with Gasteiger partial charge in [-0.05, 0) is 17.5 Å². The van der Waals surface area contributed by atoms with Crippen LogP contribution in [0, 0.1) is 16.7 Å². The molecule has 7 nitrogen and oxygen atoms in total. The van der Waals surface area contributed by atoms with Crippen molar-refractivity contribution in [2.75, 3.05) is 6.79 Å². The minimum absolute atomic E-state index is 0.00593. The number of hydrogen-bond donors (Lipinski definition) is 1. The van der Waals surface area contributed by atoms with E-state index in [1.807, 2.05) is 26.0 Å². The smallest absolute Gasteiger partial charge is 0.231 e. The zero-order chi connectivity index (χ0) is 21.2. The van der Waals surface area contributed by atoms with Crippen molar-refractivity contribution in [1.29, 1.82) is 5.26 Å². The first-order valence-electron chi connectivity index (χ1n) is 9.51. The molecule has 2 aromatic rings. The van der Waals surface area contributed by atoms with Crippen LogP contribution in [0.5, 0.6) is 11.5 Å². The summed E-state index contributed by atoms with van der Waals surface area (Å²) in [4.78, 5) is 17.6. The molecule has 1 aromatic heterocycles. The lowest BCUT2D eigenvalue weighted by molar-refractivity contribution is -0.119. The van der Waals surface area contributed by atoms with Crippen LogP contribution in [-0.4, -0.2) is 17.6 Å². The van der Waals surface area contributed by atoms with Gasteiger partial charge in [-0.3, -0.25) is 4.79 Å². The lowest BCUT2D eigenvalue weighted by Crippen LogP contribution is -2.33. The van der Waals surface area contributed by atoms with E-state index in [0.29, 0.717) is 46.8 Å². The Morgan fingerprint density at radius 3 is 2.70 bits per heavy atom. The van der Waals surface area contributed by atoms with Crippen LogP contribution >= 0.6 is 11.6 Å². The number of carbonyl (C=O) groups is 1. The van der Waals surface area contributed by atoms with Gasteiger partial charge >= 0.3 is 0 Å². The van der Waals surface area contributed by atoms with Gasteiger partial charge < -0.3 is 19.9 Å². The lowest BCUT2D eigenvalue weighted by atomic mass is 9.70. The predicted molar refractivity (Wildman–Crippen MR) is 109 cm³/mol. The van der Waals surface area contributed by atoms with Gasteiger partial charge in [0.15, 0.2) is 17.3 Å². The van der Waals surface area contributed by atoms with Gasteiger partial charge in [-0.25, -0.2) is 4.98 Å². The largest absolute Gasteiger partial charge is 0.454 e. The second-order valence-electron chi connectivity index (χ2n) is 8.47. The topological polar surface area (TPSA) is 107 Å². The third-order valence-corrected chi connectivity index (χ3v) is 5.98. The van der Waals surface area contributed by atoms with Crippen LogP contribution < -0.4 is 15.2 Å². The van der Waals surface area contributed by atoms with Crippen molar-refractivity contribution >= 4 is 28.3 Å². The summed E-state index contributed by atoms with van der Waals surface area (Å²) in [5, 5.41) is 10.8. The van der Waals surface area contributed by atoms with Crippen LogP contribution in [0.4, 0.5) is 0 Å². The molecule has 3 heterocycles. The maximum Gasteiger partial charge on any atom is 0.231 e.